The molecule has 128 valence electrons. The lowest BCUT2D eigenvalue weighted by Crippen LogP contribution is -2.12. The first-order chi connectivity index (χ1) is 12.1. The van der Waals surface area contributed by atoms with Crippen LogP contribution in [0.1, 0.15) is 28.4 Å². The molecule has 2 aromatic carbocycles. The molecular formula is C19H19N3O3. The summed E-state index contributed by atoms with van der Waals surface area (Å²) in [6.45, 7) is 6.45. The largest absolute Gasteiger partial charge is 0.494 e. The third kappa shape index (κ3) is 3.85. The van der Waals surface area contributed by atoms with E-state index in [9.17, 15) is 4.79 Å². The van der Waals surface area contributed by atoms with E-state index in [1.54, 1.807) is 24.3 Å². The summed E-state index contributed by atoms with van der Waals surface area (Å²) in [7, 11) is 0. The summed E-state index contributed by atoms with van der Waals surface area (Å²) in [6, 6.07) is 12.9. The number of nitrogens with zero attached hydrogens (tertiary/aromatic N) is 2. The Balaban J connectivity index is 1.74. The molecule has 0 unspecified atom stereocenters. The lowest BCUT2D eigenvalue weighted by atomic mass is 10.1. The molecular weight excluding hydrogens is 318 g/mol. The molecule has 6 nitrogen and oxygen atoms in total. The predicted octanol–water partition coefficient (Wildman–Crippen LogP) is 4.00. The molecule has 0 radical (unpaired) electrons. The molecule has 1 amide bonds. The number of benzene rings is 2. The number of aromatic nitrogens is 2. The fourth-order valence-corrected chi connectivity index (χ4v) is 2.39. The van der Waals surface area contributed by atoms with Crippen LogP contribution in [-0.2, 0) is 0 Å². The maximum atomic E-state index is 12.3. The van der Waals surface area contributed by atoms with E-state index < -0.39 is 0 Å². The van der Waals surface area contributed by atoms with E-state index in [2.05, 4.69) is 15.5 Å². The van der Waals surface area contributed by atoms with E-state index in [4.69, 9.17) is 9.15 Å². The first-order valence-electron chi connectivity index (χ1n) is 8.02. The van der Waals surface area contributed by atoms with Crippen molar-refractivity contribution in [1.82, 2.24) is 10.2 Å². The fourth-order valence-electron chi connectivity index (χ4n) is 2.39. The number of carbonyl (C=O) groups excluding carboxylic acids is 1. The highest BCUT2D eigenvalue weighted by Gasteiger charge is 2.14. The highest BCUT2D eigenvalue weighted by molar-refractivity contribution is 6.03. The van der Waals surface area contributed by atoms with Gasteiger partial charge in [0.25, 0.3) is 5.91 Å². The van der Waals surface area contributed by atoms with Crippen molar-refractivity contribution in [2.45, 2.75) is 20.8 Å². The van der Waals surface area contributed by atoms with Crippen molar-refractivity contribution in [2.75, 3.05) is 11.9 Å². The molecule has 1 heterocycles. The second-order valence-electron chi connectivity index (χ2n) is 5.64. The molecule has 0 aliphatic heterocycles. The van der Waals surface area contributed by atoms with Gasteiger partial charge in [-0.25, -0.2) is 0 Å². The molecule has 1 aromatic heterocycles. The average Bonchev–Trinajstić information content (AvgIpc) is 3.06. The summed E-state index contributed by atoms with van der Waals surface area (Å²) in [4.78, 5) is 12.3. The minimum Gasteiger partial charge on any atom is -0.494 e. The highest BCUT2D eigenvalue weighted by atomic mass is 16.5. The number of hydrogen-bond donors (Lipinski definition) is 1. The highest BCUT2D eigenvalue weighted by Crippen LogP contribution is 2.24. The number of hydrogen-bond acceptors (Lipinski definition) is 5. The number of amides is 1. The van der Waals surface area contributed by atoms with Crippen molar-refractivity contribution in [2.24, 2.45) is 0 Å². The maximum Gasteiger partial charge on any atom is 0.322 e. The van der Waals surface area contributed by atoms with Gasteiger partial charge in [-0.1, -0.05) is 22.8 Å². The Hall–Kier alpha value is -3.15. The molecule has 3 aromatic rings. The normalized spacial score (nSPS) is 10.5. The molecule has 0 aliphatic rings. The van der Waals surface area contributed by atoms with Crippen LogP contribution in [0.25, 0.3) is 11.5 Å². The summed E-state index contributed by atoms with van der Waals surface area (Å²) in [5, 5.41) is 10.5. The van der Waals surface area contributed by atoms with E-state index >= 15 is 0 Å². The van der Waals surface area contributed by atoms with Crippen LogP contribution in [0, 0.1) is 13.8 Å². The first-order valence-corrected chi connectivity index (χ1v) is 8.02. The van der Waals surface area contributed by atoms with Gasteiger partial charge < -0.3 is 9.15 Å². The van der Waals surface area contributed by atoms with Crippen molar-refractivity contribution in [3.63, 3.8) is 0 Å². The standard InChI is InChI=1S/C19H19N3O3/c1-4-24-15-9-7-14(8-10-15)17(23)20-19-22-21-18(25-19)16-11-12(2)5-6-13(16)3/h5-11H,4H2,1-3H3,(H,20,22,23). The topological polar surface area (TPSA) is 77.2 Å². The number of aryl methyl sites for hydroxylation is 2. The SMILES string of the molecule is CCOc1ccc(C(=O)Nc2nnc(-c3cc(C)ccc3C)o2)cc1. The fraction of sp³-hybridized carbons (Fsp3) is 0.211. The molecule has 0 atom stereocenters. The van der Waals surface area contributed by atoms with Gasteiger partial charge in [-0.05, 0) is 56.7 Å². The molecule has 25 heavy (non-hydrogen) atoms. The summed E-state index contributed by atoms with van der Waals surface area (Å²) in [5.74, 6) is 0.774. The third-order valence-corrected chi connectivity index (χ3v) is 3.70. The lowest BCUT2D eigenvalue weighted by molar-refractivity contribution is 0.102. The number of rotatable bonds is 5. The van der Waals surface area contributed by atoms with Gasteiger partial charge in [-0.3, -0.25) is 10.1 Å². The van der Waals surface area contributed by atoms with Gasteiger partial charge in [0.2, 0.25) is 5.89 Å². The van der Waals surface area contributed by atoms with Crippen LogP contribution in [-0.4, -0.2) is 22.7 Å². The molecule has 0 saturated carbocycles. The number of ether oxygens (including phenoxy) is 1. The van der Waals surface area contributed by atoms with Crippen molar-refractivity contribution in [3.8, 4) is 17.2 Å². The lowest BCUT2D eigenvalue weighted by Gasteiger charge is -2.04. The minimum absolute atomic E-state index is 0.0646. The Kier molecular flexibility index (Phi) is 4.79. The monoisotopic (exact) mass is 337 g/mol. The van der Waals surface area contributed by atoms with Crippen LogP contribution in [0.3, 0.4) is 0 Å². The Morgan fingerprint density at radius 3 is 2.60 bits per heavy atom. The van der Waals surface area contributed by atoms with Crippen molar-refractivity contribution >= 4 is 11.9 Å². The van der Waals surface area contributed by atoms with Crippen LogP contribution < -0.4 is 10.1 Å². The molecule has 0 saturated heterocycles. The zero-order chi connectivity index (χ0) is 17.8. The second kappa shape index (κ2) is 7.17. The van der Waals surface area contributed by atoms with Crippen LogP contribution >= 0.6 is 0 Å². The van der Waals surface area contributed by atoms with E-state index in [0.717, 1.165) is 16.7 Å². The van der Waals surface area contributed by atoms with Gasteiger partial charge >= 0.3 is 6.01 Å². The number of anilines is 1. The van der Waals surface area contributed by atoms with E-state index in [-0.39, 0.29) is 11.9 Å². The zero-order valence-electron chi connectivity index (χ0n) is 14.4. The van der Waals surface area contributed by atoms with Gasteiger partial charge in [0, 0.05) is 11.1 Å². The van der Waals surface area contributed by atoms with E-state index in [0.29, 0.717) is 23.8 Å². The molecule has 0 aliphatic carbocycles. The molecule has 0 fully saturated rings. The Labute approximate surface area is 145 Å². The first kappa shape index (κ1) is 16.7. The smallest absolute Gasteiger partial charge is 0.322 e. The molecule has 0 spiro atoms. The van der Waals surface area contributed by atoms with Gasteiger partial charge in [0.05, 0.1) is 6.61 Å². The van der Waals surface area contributed by atoms with Crippen LogP contribution in [0.4, 0.5) is 6.01 Å². The second-order valence-corrected chi connectivity index (χ2v) is 5.64. The molecule has 1 N–H and O–H groups in total. The van der Waals surface area contributed by atoms with Gasteiger partial charge in [0.15, 0.2) is 0 Å². The van der Waals surface area contributed by atoms with Crippen LogP contribution in [0.2, 0.25) is 0 Å². The summed E-state index contributed by atoms with van der Waals surface area (Å²) < 4.78 is 10.9. The van der Waals surface area contributed by atoms with Crippen molar-refractivity contribution in [1.29, 1.82) is 0 Å². The Bertz CT molecular complexity index is 885. The zero-order valence-corrected chi connectivity index (χ0v) is 14.4. The van der Waals surface area contributed by atoms with E-state index in [1.807, 2.05) is 39.0 Å². The van der Waals surface area contributed by atoms with Crippen molar-refractivity contribution in [3.05, 3.63) is 59.2 Å². The minimum atomic E-state index is -0.320. The number of carbonyl (C=O) groups is 1. The summed E-state index contributed by atoms with van der Waals surface area (Å²) in [6.07, 6.45) is 0. The maximum absolute atomic E-state index is 12.3. The number of nitrogens with one attached hydrogen (secondary N) is 1. The molecule has 3 rings (SSSR count). The van der Waals surface area contributed by atoms with Crippen LogP contribution in [0.15, 0.2) is 46.9 Å². The predicted molar refractivity (Wildman–Crippen MR) is 94.8 cm³/mol. The van der Waals surface area contributed by atoms with Crippen molar-refractivity contribution < 1.29 is 13.9 Å². The molecule has 6 heteroatoms. The van der Waals surface area contributed by atoms with Crippen LogP contribution in [0.5, 0.6) is 5.75 Å². The van der Waals surface area contributed by atoms with E-state index in [1.165, 1.54) is 0 Å². The van der Waals surface area contributed by atoms with Gasteiger partial charge in [0.1, 0.15) is 5.75 Å². The van der Waals surface area contributed by atoms with Gasteiger partial charge in [-0.2, -0.15) is 0 Å². The Morgan fingerprint density at radius 2 is 1.88 bits per heavy atom. The Morgan fingerprint density at radius 1 is 1.12 bits per heavy atom. The quantitative estimate of drug-likeness (QED) is 0.761. The average molecular weight is 337 g/mol. The van der Waals surface area contributed by atoms with Gasteiger partial charge in [-0.15, -0.1) is 5.10 Å². The third-order valence-electron chi connectivity index (χ3n) is 3.70. The summed E-state index contributed by atoms with van der Waals surface area (Å²) >= 11 is 0. The molecule has 0 bridgehead atoms. The summed E-state index contributed by atoms with van der Waals surface area (Å²) in [5.41, 5.74) is 3.46.